The van der Waals surface area contributed by atoms with Crippen LogP contribution in [0, 0.1) is 5.82 Å². The van der Waals surface area contributed by atoms with Gasteiger partial charge in [0.15, 0.2) is 5.82 Å². The number of nitrogens with zero attached hydrogens (tertiary/aromatic N) is 2. The van der Waals surface area contributed by atoms with Gasteiger partial charge in [-0.25, -0.2) is 4.39 Å². The Morgan fingerprint density at radius 3 is 2.54 bits per heavy atom. The Bertz CT molecular complexity index is 832. The maximum atomic E-state index is 12.9. The van der Waals surface area contributed by atoms with Crippen LogP contribution in [-0.4, -0.2) is 16.0 Å². The molecule has 3 rings (SSSR count). The lowest BCUT2D eigenvalue weighted by Crippen LogP contribution is -2.05. The number of halogens is 1. The van der Waals surface area contributed by atoms with Crippen molar-refractivity contribution in [2.24, 2.45) is 0 Å². The van der Waals surface area contributed by atoms with Crippen molar-refractivity contribution in [2.45, 2.75) is 17.6 Å². The fourth-order valence-electron chi connectivity index (χ4n) is 2.01. The summed E-state index contributed by atoms with van der Waals surface area (Å²) < 4.78 is 18.1. The molecule has 0 atom stereocenters. The molecule has 0 aliphatic heterocycles. The fraction of sp³-hybridized carbons (Fsp3) is 0.118. The average molecular weight is 343 g/mol. The Kier molecular flexibility index (Phi) is 4.90. The number of hydrogen-bond donors (Lipinski definition) is 1. The Balaban J connectivity index is 1.61. The largest absolute Gasteiger partial charge is 0.334 e. The van der Waals surface area contributed by atoms with Gasteiger partial charge < -0.3 is 9.84 Å². The van der Waals surface area contributed by atoms with Gasteiger partial charge in [0.1, 0.15) is 5.82 Å². The number of carbonyl (C=O) groups is 1. The van der Waals surface area contributed by atoms with E-state index in [0.29, 0.717) is 23.0 Å². The first-order valence-electron chi connectivity index (χ1n) is 7.19. The number of nitrogens with one attached hydrogen (secondary N) is 1. The molecule has 1 amide bonds. The van der Waals surface area contributed by atoms with Gasteiger partial charge in [-0.05, 0) is 48.5 Å². The molecule has 122 valence electrons. The van der Waals surface area contributed by atoms with E-state index in [1.54, 1.807) is 23.9 Å². The molecule has 0 aliphatic carbocycles. The van der Waals surface area contributed by atoms with Gasteiger partial charge in [0.05, 0.1) is 5.75 Å². The van der Waals surface area contributed by atoms with Crippen molar-refractivity contribution in [3.05, 3.63) is 60.2 Å². The second-order valence-electron chi connectivity index (χ2n) is 5.02. The van der Waals surface area contributed by atoms with Crippen molar-refractivity contribution >= 4 is 23.4 Å². The predicted octanol–water partition coefficient (Wildman–Crippen LogP) is 4.13. The Morgan fingerprint density at radius 2 is 1.88 bits per heavy atom. The van der Waals surface area contributed by atoms with Crippen LogP contribution in [0.4, 0.5) is 10.1 Å². The van der Waals surface area contributed by atoms with Crippen molar-refractivity contribution in [1.29, 1.82) is 0 Å². The van der Waals surface area contributed by atoms with Crippen LogP contribution >= 0.6 is 11.8 Å². The quantitative estimate of drug-likeness (QED) is 0.706. The van der Waals surface area contributed by atoms with Crippen LogP contribution in [-0.2, 0) is 10.5 Å². The van der Waals surface area contributed by atoms with Crippen molar-refractivity contribution in [3.63, 3.8) is 0 Å². The highest BCUT2D eigenvalue weighted by Gasteiger charge is 2.09. The predicted molar refractivity (Wildman–Crippen MR) is 90.0 cm³/mol. The van der Waals surface area contributed by atoms with E-state index in [2.05, 4.69) is 15.5 Å². The van der Waals surface area contributed by atoms with Crippen LogP contribution < -0.4 is 5.32 Å². The summed E-state index contributed by atoms with van der Waals surface area (Å²) in [6.45, 7) is 1.47. The lowest BCUT2D eigenvalue weighted by molar-refractivity contribution is -0.114. The normalized spacial score (nSPS) is 10.6. The first kappa shape index (κ1) is 16.2. The minimum absolute atomic E-state index is 0.101. The van der Waals surface area contributed by atoms with Crippen LogP contribution in [0.2, 0.25) is 0 Å². The zero-order valence-corrected chi connectivity index (χ0v) is 13.6. The first-order chi connectivity index (χ1) is 11.6. The van der Waals surface area contributed by atoms with Crippen molar-refractivity contribution in [2.75, 3.05) is 5.32 Å². The fourth-order valence-corrected chi connectivity index (χ4v) is 2.75. The molecular formula is C17H14FN3O2S. The Labute approximate surface area is 142 Å². The molecule has 0 saturated carbocycles. The third-order valence-electron chi connectivity index (χ3n) is 3.10. The van der Waals surface area contributed by atoms with E-state index in [-0.39, 0.29) is 11.7 Å². The van der Waals surface area contributed by atoms with Crippen LogP contribution in [0.5, 0.6) is 0 Å². The highest BCUT2D eigenvalue weighted by Crippen LogP contribution is 2.25. The number of amides is 1. The summed E-state index contributed by atoms with van der Waals surface area (Å²) in [5.74, 6) is 1.06. The van der Waals surface area contributed by atoms with Gasteiger partial charge in [-0.15, -0.1) is 11.8 Å². The maximum absolute atomic E-state index is 12.9. The molecular weight excluding hydrogens is 329 g/mol. The number of hydrogen-bond acceptors (Lipinski definition) is 5. The van der Waals surface area contributed by atoms with Gasteiger partial charge in [-0.3, -0.25) is 4.79 Å². The molecule has 2 aromatic carbocycles. The SMILES string of the molecule is CC(=O)Nc1ccc(SCc2noc(-c3ccc(F)cc3)n2)cc1. The van der Waals surface area contributed by atoms with Gasteiger partial charge >= 0.3 is 0 Å². The minimum Gasteiger partial charge on any atom is -0.334 e. The topological polar surface area (TPSA) is 68.0 Å². The molecule has 0 unspecified atom stereocenters. The maximum Gasteiger partial charge on any atom is 0.257 e. The zero-order valence-electron chi connectivity index (χ0n) is 12.8. The molecule has 7 heteroatoms. The van der Waals surface area contributed by atoms with Crippen LogP contribution in [0.1, 0.15) is 12.7 Å². The monoisotopic (exact) mass is 343 g/mol. The van der Waals surface area contributed by atoms with Crippen LogP contribution in [0.3, 0.4) is 0 Å². The molecule has 1 heterocycles. The van der Waals surface area contributed by atoms with E-state index in [1.807, 2.05) is 24.3 Å². The number of rotatable bonds is 5. The minimum atomic E-state index is -0.309. The molecule has 0 spiro atoms. The van der Waals surface area contributed by atoms with E-state index in [1.165, 1.54) is 19.1 Å². The lowest BCUT2D eigenvalue weighted by atomic mass is 10.2. The molecule has 0 fully saturated rings. The number of aromatic nitrogens is 2. The van der Waals surface area contributed by atoms with Crippen LogP contribution in [0.25, 0.3) is 11.5 Å². The van der Waals surface area contributed by atoms with Gasteiger partial charge in [-0.2, -0.15) is 4.98 Å². The molecule has 1 aromatic heterocycles. The van der Waals surface area contributed by atoms with E-state index in [4.69, 9.17) is 4.52 Å². The van der Waals surface area contributed by atoms with Crippen molar-refractivity contribution in [1.82, 2.24) is 10.1 Å². The highest BCUT2D eigenvalue weighted by molar-refractivity contribution is 7.98. The molecule has 3 aromatic rings. The molecule has 5 nitrogen and oxygen atoms in total. The van der Waals surface area contributed by atoms with E-state index in [9.17, 15) is 9.18 Å². The van der Waals surface area contributed by atoms with E-state index >= 15 is 0 Å². The summed E-state index contributed by atoms with van der Waals surface area (Å²) in [7, 11) is 0. The molecule has 0 aliphatic rings. The van der Waals surface area contributed by atoms with Gasteiger partial charge in [0.2, 0.25) is 5.91 Å². The zero-order chi connectivity index (χ0) is 16.9. The standard InChI is InChI=1S/C17H14FN3O2S/c1-11(22)19-14-6-8-15(9-7-14)24-10-16-20-17(23-21-16)12-2-4-13(18)5-3-12/h2-9H,10H2,1H3,(H,19,22). The van der Waals surface area contributed by atoms with Gasteiger partial charge in [-0.1, -0.05) is 5.16 Å². The van der Waals surface area contributed by atoms with E-state index < -0.39 is 0 Å². The molecule has 1 N–H and O–H groups in total. The third-order valence-corrected chi connectivity index (χ3v) is 4.11. The Hall–Kier alpha value is -2.67. The van der Waals surface area contributed by atoms with Gasteiger partial charge in [0, 0.05) is 23.1 Å². The van der Waals surface area contributed by atoms with Crippen molar-refractivity contribution < 1.29 is 13.7 Å². The molecule has 0 radical (unpaired) electrons. The second kappa shape index (κ2) is 7.27. The summed E-state index contributed by atoms with van der Waals surface area (Å²) in [6.07, 6.45) is 0. The molecule has 0 saturated heterocycles. The van der Waals surface area contributed by atoms with Crippen LogP contribution in [0.15, 0.2) is 57.9 Å². The summed E-state index contributed by atoms with van der Waals surface area (Å²) in [5.41, 5.74) is 1.44. The lowest BCUT2D eigenvalue weighted by Gasteiger charge is -2.03. The number of carbonyl (C=O) groups excluding carboxylic acids is 1. The summed E-state index contributed by atoms with van der Waals surface area (Å²) >= 11 is 1.55. The third kappa shape index (κ3) is 4.20. The summed E-state index contributed by atoms with van der Waals surface area (Å²) in [6, 6.07) is 13.4. The first-order valence-corrected chi connectivity index (χ1v) is 8.18. The smallest absolute Gasteiger partial charge is 0.257 e. The molecule has 24 heavy (non-hydrogen) atoms. The molecule has 0 bridgehead atoms. The average Bonchev–Trinajstić information content (AvgIpc) is 3.03. The number of anilines is 1. The second-order valence-corrected chi connectivity index (χ2v) is 6.07. The summed E-state index contributed by atoms with van der Waals surface area (Å²) in [4.78, 5) is 16.3. The summed E-state index contributed by atoms with van der Waals surface area (Å²) in [5, 5.41) is 6.65. The number of benzene rings is 2. The number of thioether (sulfide) groups is 1. The van der Waals surface area contributed by atoms with E-state index in [0.717, 1.165) is 10.6 Å². The highest BCUT2D eigenvalue weighted by atomic mass is 32.2. The van der Waals surface area contributed by atoms with Gasteiger partial charge in [0.25, 0.3) is 5.89 Å². The van der Waals surface area contributed by atoms with Crippen molar-refractivity contribution in [3.8, 4) is 11.5 Å². The Morgan fingerprint density at radius 1 is 1.17 bits per heavy atom.